The summed E-state index contributed by atoms with van der Waals surface area (Å²) in [5.74, 6) is 0. The second kappa shape index (κ2) is 10.3. The summed E-state index contributed by atoms with van der Waals surface area (Å²) < 4.78 is 35.0. The molecule has 0 spiro atoms. The molecule has 0 amide bonds. The summed E-state index contributed by atoms with van der Waals surface area (Å²) in [5.41, 5.74) is 2.39. The maximum absolute atomic E-state index is 12.6. The van der Waals surface area contributed by atoms with Gasteiger partial charge in [-0.25, -0.2) is 0 Å². The van der Waals surface area contributed by atoms with Crippen LogP contribution in [-0.4, -0.2) is 61.2 Å². The number of nitrogens with zero attached hydrogens (tertiary/aromatic N) is 2. The van der Waals surface area contributed by atoms with E-state index in [0.717, 1.165) is 17.5 Å². The van der Waals surface area contributed by atoms with Gasteiger partial charge in [0.1, 0.15) is 0 Å². The van der Waals surface area contributed by atoms with E-state index in [1.54, 1.807) is 30.6 Å². The summed E-state index contributed by atoms with van der Waals surface area (Å²) in [4.78, 5) is 4.01. The molecule has 0 saturated carbocycles. The number of benzene rings is 1. The van der Waals surface area contributed by atoms with Crippen LogP contribution in [0.3, 0.4) is 0 Å². The molecule has 30 heavy (non-hydrogen) atoms. The first-order chi connectivity index (χ1) is 14.3. The Morgan fingerprint density at radius 3 is 2.53 bits per heavy atom. The quantitative estimate of drug-likeness (QED) is 0.519. The van der Waals surface area contributed by atoms with Crippen LogP contribution in [0.1, 0.15) is 31.1 Å². The largest absolute Gasteiger partial charge is 0.387 e. The zero-order valence-electron chi connectivity index (χ0n) is 17.4. The van der Waals surface area contributed by atoms with Gasteiger partial charge in [0, 0.05) is 43.3 Å². The Morgan fingerprint density at radius 1 is 1.20 bits per heavy atom. The molecule has 3 N–H and O–H groups in total. The van der Waals surface area contributed by atoms with Crippen LogP contribution in [0, 0.1) is 0 Å². The Bertz CT molecular complexity index is 883. The number of hydrogen-bond acceptors (Lipinski definition) is 6. The molecular weight excluding hydrogens is 404 g/mol. The molecule has 0 unspecified atom stereocenters. The van der Waals surface area contributed by atoms with Crippen LogP contribution >= 0.6 is 0 Å². The lowest BCUT2D eigenvalue weighted by Crippen LogP contribution is -2.49. The van der Waals surface area contributed by atoms with Gasteiger partial charge in [-0.3, -0.25) is 9.71 Å². The van der Waals surface area contributed by atoms with Crippen LogP contribution in [0.15, 0.2) is 48.8 Å². The summed E-state index contributed by atoms with van der Waals surface area (Å²) in [6.07, 6.45) is 3.25. The fourth-order valence-corrected chi connectivity index (χ4v) is 4.82. The third kappa shape index (κ3) is 6.48. The second-order valence-electron chi connectivity index (χ2n) is 7.63. The Kier molecular flexibility index (Phi) is 7.79. The highest BCUT2D eigenvalue weighted by molar-refractivity contribution is 7.90. The van der Waals surface area contributed by atoms with Crippen molar-refractivity contribution in [2.24, 2.45) is 0 Å². The van der Waals surface area contributed by atoms with Crippen LogP contribution < -0.4 is 10.0 Å². The maximum Gasteiger partial charge on any atom is 0.301 e. The number of aliphatic hydroxyl groups excluding tert-OH is 1. The van der Waals surface area contributed by atoms with Gasteiger partial charge < -0.3 is 15.2 Å². The number of nitrogens with one attached hydrogen (secondary N) is 2. The van der Waals surface area contributed by atoms with E-state index in [4.69, 9.17) is 4.74 Å². The molecule has 1 aliphatic heterocycles. The first-order valence-corrected chi connectivity index (χ1v) is 11.6. The van der Waals surface area contributed by atoms with Crippen molar-refractivity contribution in [2.75, 3.05) is 30.9 Å². The number of aliphatic hydroxyl groups is 1. The van der Waals surface area contributed by atoms with Gasteiger partial charge in [0.25, 0.3) is 0 Å². The van der Waals surface area contributed by atoms with E-state index >= 15 is 0 Å². The van der Waals surface area contributed by atoms with E-state index in [1.165, 1.54) is 4.31 Å². The molecule has 0 radical (unpaired) electrons. The summed E-state index contributed by atoms with van der Waals surface area (Å²) in [6.45, 7) is 5.57. The topological polar surface area (TPSA) is 104 Å². The van der Waals surface area contributed by atoms with Crippen LogP contribution in [0.5, 0.6) is 0 Å². The van der Waals surface area contributed by atoms with Crippen molar-refractivity contribution >= 4 is 15.9 Å². The second-order valence-corrected chi connectivity index (χ2v) is 9.31. The highest BCUT2D eigenvalue weighted by Crippen LogP contribution is 2.18. The molecule has 1 saturated heterocycles. The molecule has 0 aliphatic carbocycles. The molecule has 1 aromatic heterocycles. The third-order valence-electron chi connectivity index (χ3n) is 4.92. The smallest absolute Gasteiger partial charge is 0.301 e. The van der Waals surface area contributed by atoms with Gasteiger partial charge in [-0.2, -0.15) is 12.7 Å². The molecule has 9 heteroatoms. The normalized spacial score (nSPS) is 21.3. The van der Waals surface area contributed by atoms with Gasteiger partial charge in [0.05, 0.1) is 18.3 Å². The SMILES string of the molecule is C[C@@H]1CN(S(=O)(=O)Nc2ccc(CCNC[C@H](O)c3cccnc3)cc2)C[C@H](C)O1. The molecule has 1 fully saturated rings. The first-order valence-electron chi connectivity index (χ1n) is 10.1. The molecule has 1 aromatic carbocycles. The zero-order valence-corrected chi connectivity index (χ0v) is 18.2. The molecule has 3 atom stereocenters. The summed E-state index contributed by atoms with van der Waals surface area (Å²) in [7, 11) is -3.61. The van der Waals surface area contributed by atoms with Crippen molar-refractivity contribution in [3.05, 3.63) is 59.9 Å². The summed E-state index contributed by atoms with van der Waals surface area (Å²) in [5, 5.41) is 13.4. The van der Waals surface area contributed by atoms with E-state index in [2.05, 4.69) is 15.0 Å². The van der Waals surface area contributed by atoms with E-state index < -0.39 is 16.3 Å². The van der Waals surface area contributed by atoms with E-state index in [-0.39, 0.29) is 12.2 Å². The standard InChI is InChI=1S/C21H30N4O4S/c1-16-14-25(15-17(2)29-16)30(27,28)24-20-7-5-18(6-8-20)9-11-23-13-21(26)19-4-3-10-22-12-19/h3-8,10,12,16-17,21,23-24,26H,9,11,13-15H2,1-2H3/t16-,17+,21-/m0/s1. The average molecular weight is 435 g/mol. The Balaban J connectivity index is 1.45. The number of aromatic nitrogens is 1. The highest BCUT2D eigenvalue weighted by Gasteiger charge is 2.30. The Morgan fingerprint density at radius 2 is 1.90 bits per heavy atom. The van der Waals surface area contributed by atoms with Gasteiger partial charge >= 0.3 is 10.2 Å². The van der Waals surface area contributed by atoms with Gasteiger partial charge in [-0.1, -0.05) is 18.2 Å². The zero-order chi connectivity index (χ0) is 21.6. The Hall–Kier alpha value is -2.04. The summed E-state index contributed by atoms with van der Waals surface area (Å²) in [6, 6.07) is 11.0. The van der Waals surface area contributed by atoms with E-state index in [1.807, 2.05) is 32.0 Å². The molecule has 2 heterocycles. The molecule has 3 rings (SSSR count). The minimum absolute atomic E-state index is 0.128. The third-order valence-corrected chi connectivity index (χ3v) is 6.40. The molecule has 1 aliphatic rings. The maximum atomic E-state index is 12.6. The number of rotatable bonds is 9. The molecule has 164 valence electrons. The van der Waals surface area contributed by atoms with Gasteiger partial charge in [0.2, 0.25) is 0 Å². The molecule has 8 nitrogen and oxygen atoms in total. The van der Waals surface area contributed by atoms with E-state index in [9.17, 15) is 13.5 Å². The first kappa shape index (κ1) is 22.6. The van der Waals surface area contributed by atoms with Crippen molar-refractivity contribution in [1.29, 1.82) is 0 Å². The minimum atomic E-state index is -3.61. The fraction of sp³-hybridized carbons (Fsp3) is 0.476. The molecule has 0 bridgehead atoms. The average Bonchev–Trinajstić information content (AvgIpc) is 2.72. The predicted octanol–water partition coefficient (Wildman–Crippen LogP) is 1.71. The number of hydrogen-bond donors (Lipinski definition) is 3. The van der Waals surface area contributed by atoms with Crippen molar-refractivity contribution in [3.63, 3.8) is 0 Å². The van der Waals surface area contributed by atoms with Crippen molar-refractivity contribution in [2.45, 2.75) is 38.6 Å². The van der Waals surface area contributed by atoms with Crippen molar-refractivity contribution in [3.8, 4) is 0 Å². The van der Waals surface area contributed by atoms with Gasteiger partial charge in [-0.05, 0) is 50.6 Å². The van der Waals surface area contributed by atoms with Crippen LogP contribution in [0.4, 0.5) is 5.69 Å². The number of pyridine rings is 1. The lowest BCUT2D eigenvalue weighted by atomic mass is 10.1. The lowest BCUT2D eigenvalue weighted by Gasteiger charge is -2.34. The molecule has 2 aromatic rings. The minimum Gasteiger partial charge on any atom is -0.387 e. The predicted molar refractivity (Wildman–Crippen MR) is 116 cm³/mol. The number of morpholine rings is 1. The fourth-order valence-electron chi connectivity index (χ4n) is 3.44. The monoisotopic (exact) mass is 434 g/mol. The van der Waals surface area contributed by atoms with Crippen molar-refractivity contribution < 1.29 is 18.3 Å². The van der Waals surface area contributed by atoms with E-state index in [0.29, 0.717) is 31.9 Å². The highest BCUT2D eigenvalue weighted by atomic mass is 32.2. The lowest BCUT2D eigenvalue weighted by molar-refractivity contribution is -0.0439. The van der Waals surface area contributed by atoms with Crippen molar-refractivity contribution in [1.82, 2.24) is 14.6 Å². The van der Waals surface area contributed by atoms with Crippen LogP contribution in [-0.2, 0) is 21.4 Å². The molecular formula is C21H30N4O4S. The summed E-state index contributed by atoms with van der Waals surface area (Å²) >= 11 is 0. The van der Waals surface area contributed by atoms with Crippen LogP contribution in [0.2, 0.25) is 0 Å². The van der Waals surface area contributed by atoms with Gasteiger partial charge in [0.15, 0.2) is 0 Å². The Labute approximate surface area is 178 Å². The van der Waals surface area contributed by atoms with Gasteiger partial charge in [-0.15, -0.1) is 0 Å². The number of anilines is 1. The van der Waals surface area contributed by atoms with Crippen LogP contribution in [0.25, 0.3) is 0 Å². The number of ether oxygens (including phenoxy) is 1.